The molecule has 0 saturated heterocycles. The van der Waals surface area contributed by atoms with Crippen molar-refractivity contribution in [1.29, 1.82) is 5.41 Å². The van der Waals surface area contributed by atoms with Gasteiger partial charge in [-0.2, -0.15) is 0 Å². The molecular weight excluding hydrogens is 602 g/mol. The molecule has 2 rings (SSSR count). The lowest BCUT2D eigenvalue weighted by Gasteiger charge is -2.24. The number of alkyl halides is 3. The Balaban J connectivity index is 0.000000536. The van der Waals surface area contributed by atoms with Crippen molar-refractivity contribution in [3.8, 4) is 0 Å². The molecule has 0 bridgehead atoms. The number of carboxylic acid groups (broad SMARTS) is 1. The van der Waals surface area contributed by atoms with E-state index in [9.17, 15) is 18.4 Å². The van der Waals surface area contributed by atoms with Crippen LogP contribution in [-0.2, 0) is 9.47 Å². The largest absolute Gasteiger partial charge is 0.476 e. The minimum Gasteiger partial charge on any atom is -0.476 e. The van der Waals surface area contributed by atoms with Crippen LogP contribution in [0.3, 0.4) is 0 Å². The maximum atomic E-state index is 13.2. The lowest BCUT2D eigenvalue weighted by atomic mass is 10.2. The van der Waals surface area contributed by atoms with Crippen molar-refractivity contribution in [2.75, 3.05) is 0 Å². The van der Waals surface area contributed by atoms with Gasteiger partial charge in [0.1, 0.15) is 21.5 Å². The second-order valence-corrected chi connectivity index (χ2v) is 11.8. The van der Waals surface area contributed by atoms with Crippen LogP contribution in [0.2, 0.25) is 10.3 Å². The average Bonchev–Trinajstić information content (AvgIpc) is 2.69. The molecule has 0 atom stereocenters. The van der Waals surface area contributed by atoms with Crippen LogP contribution in [-0.4, -0.2) is 47.9 Å². The maximum absolute atomic E-state index is 13.2. The molecule has 0 aliphatic heterocycles. The molecule has 0 spiro atoms. The van der Waals surface area contributed by atoms with Gasteiger partial charge in [0.25, 0.3) is 3.79 Å². The van der Waals surface area contributed by atoms with Gasteiger partial charge in [-0.05, 0) is 65.8 Å². The Morgan fingerprint density at radius 3 is 1.49 bits per heavy atom. The molecule has 2 aromatic heterocycles. The van der Waals surface area contributed by atoms with Crippen molar-refractivity contribution in [3.63, 3.8) is 0 Å². The Bertz CT molecular complexity index is 1120. The first-order valence-electron chi connectivity index (χ1n) is 9.99. The zero-order valence-electron chi connectivity index (χ0n) is 20.4. The summed E-state index contributed by atoms with van der Waals surface area (Å²) in [6.45, 7) is 10.4. The van der Waals surface area contributed by atoms with E-state index in [1.807, 2.05) is 0 Å². The van der Waals surface area contributed by atoms with Crippen molar-refractivity contribution in [1.82, 2.24) is 9.97 Å². The number of pyridine rings is 2. The highest BCUT2D eigenvalue weighted by molar-refractivity contribution is 6.76. The molecule has 0 aliphatic carbocycles. The number of carbonyl (C=O) groups is 2. The normalized spacial score (nSPS) is 11.3. The van der Waals surface area contributed by atoms with E-state index in [1.54, 1.807) is 41.5 Å². The van der Waals surface area contributed by atoms with Crippen LogP contribution in [0, 0.1) is 17.0 Å². The number of halogens is 7. The molecule has 0 fully saturated rings. The summed E-state index contributed by atoms with van der Waals surface area (Å²) >= 11 is 27.0. The number of esters is 1. The Labute approximate surface area is 237 Å². The van der Waals surface area contributed by atoms with Crippen molar-refractivity contribution >= 4 is 75.8 Å². The number of aromatic carboxylic acids is 1. The van der Waals surface area contributed by atoms with Gasteiger partial charge in [-0.15, -0.1) is 0 Å². The molecule has 0 amide bonds. The van der Waals surface area contributed by atoms with Crippen molar-refractivity contribution in [2.45, 2.75) is 56.5 Å². The SMILES string of the molecule is CC(C)(C)OC(=N)C(Cl)(Cl)Cl.CC(C)(C)OC(=O)c1nc(Cl)ccc1F.O=C(O)c1nc(Cl)ccc1F. The van der Waals surface area contributed by atoms with E-state index in [-0.39, 0.29) is 16.2 Å². The van der Waals surface area contributed by atoms with Gasteiger partial charge in [0.05, 0.1) is 0 Å². The number of ether oxygens (including phenoxy) is 2. The summed E-state index contributed by atoms with van der Waals surface area (Å²) in [5.74, 6) is -4.22. The molecular formula is C22H24Cl5F2N3O5. The molecule has 2 heterocycles. The number of hydrogen-bond acceptors (Lipinski definition) is 7. The smallest absolute Gasteiger partial charge is 0.360 e. The molecule has 0 unspecified atom stereocenters. The number of carboxylic acids is 1. The van der Waals surface area contributed by atoms with Crippen molar-refractivity contribution in [3.05, 3.63) is 57.6 Å². The third kappa shape index (κ3) is 15.1. The van der Waals surface area contributed by atoms with Gasteiger partial charge < -0.3 is 14.6 Å². The molecule has 15 heteroatoms. The van der Waals surface area contributed by atoms with E-state index < -0.39 is 50.0 Å². The molecule has 2 N–H and O–H groups in total. The van der Waals surface area contributed by atoms with Gasteiger partial charge in [0.15, 0.2) is 23.0 Å². The molecule has 8 nitrogen and oxygen atoms in total. The minimum atomic E-state index is -1.76. The number of carbonyl (C=O) groups excluding carboxylic acids is 1. The summed E-state index contributed by atoms with van der Waals surface area (Å²) in [6.07, 6.45) is 0. The summed E-state index contributed by atoms with van der Waals surface area (Å²) in [5.41, 5.74) is -2.23. The summed E-state index contributed by atoms with van der Waals surface area (Å²) in [4.78, 5) is 28.5. The molecule has 0 radical (unpaired) electrons. The molecule has 0 saturated carbocycles. The Morgan fingerprint density at radius 2 is 1.19 bits per heavy atom. The van der Waals surface area contributed by atoms with Gasteiger partial charge in [-0.1, -0.05) is 58.0 Å². The van der Waals surface area contributed by atoms with E-state index in [0.29, 0.717) is 0 Å². The Morgan fingerprint density at radius 1 is 0.811 bits per heavy atom. The number of nitrogens with zero attached hydrogens (tertiary/aromatic N) is 2. The highest BCUT2D eigenvalue weighted by Crippen LogP contribution is 2.29. The predicted molar refractivity (Wildman–Crippen MR) is 139 cm³/mol. The number of hydrogen-bond donors (Lipinski definition) is 2. The third-order valence-electron chi connectivity index (χ3n) is 3.08. The van der Waals surface area contributed by atoms with Gasteiger partial charge >= 0.3 is 11.9 Å². The van der Waals surface area contributed by atoms with Crippen LogP contribution in [0.25, 0.3) is 0 Å². The van der Waals surface area contributed by atoms with Gasteiger partial charge in [0.2, 0.25) is 5.90 Å². The first-order valence-corrected chi connectivity index (χ1v) is 11.9. The summed E-state index contributed by atoms with van der Waals surface area (Å²) < 4.78 is 33.9. The Kier molecular flexibility index (Phi) is 13.5. The topological polar surface area (TPSA) is 122 Å². The summed E-state index contributed by atoms with van der Waals surface area (Å²) in [5, 5.41) is 15.5. The average molecular weight is 626 g/mol. The van der Waals surface area contributed by atoms with Crippen LogP contribution in [0.5, 0.6) is 0 Å². The zero-order chi connectivity index (χ0) is 29.4. The number of nitrogens with one attached hydrogen (secondary N) is 1. The summed E-state index contributed by atoms with van der Waals surface area (Å²) in [7, 11) is 0. The quantitative estimate of drug-likeness (QED) is 0.116. The van der Waals surface area contributed by atoms with Gasteiger partial charge in [0, 0.05) is 0 Å². The third-order valence-corrected chi connectivity index (χ3v) is 4.02. The first-order chi connectivity index (χ1) is 16.5. The Hall–Kier alpha value is -1.98. The van der Waals surface area contributed by atoms with E-state index in [2.05, 4.69) is 9.97 Å². The highest BCUT2D eigenvalue weighted by Gasteiger charge is 2.31. The lowest BCUT2D eigenvalue weighted by Crippen LogP contribution is -2.31. The molecule has 206 valence electrons. The highest BCUT2D eigenvalue weighted by atomic mass is 35.6. The zero-order valence-corrected chi connectivity index (χ0v) is 24.2. The fourth-order valence-electron chi connectivity index (χ4n) is 1.82. The van der Waals surface area contributed by atoms with Gasteiger partial charge in [-0.3, -0.25) is 5.41 Å². The van der Waals surface area contributed by atoms with Crippen LogP contribution < -0.4 is 0 Å². The number of rotatable bonds is 2. The monoisotopic (exact) mass is 623 g/mol. The maximum Gasteiger partial charge on any atom is 0.360 e. The fraction of sp³-hybridized carbons (Fsp3) is 0.409. The molecule has 0 aliphatic rings. The second-order valence-electron chi connectivity index (χ2n) is 8.78. The lowest BCUT2D eigenvalue weighted by molar-refractivity contribution is 0.00572. The van der Waals surface area contributed by atoms with Crippen LogP contribution in [0.15, 0.2) is 24.3 Å². The van der Waals surface area contributed by atoms with Crippen molar-refractivity contribution in [2.24, 2.45) is 0 Å². The van der Waals surface area contributed by atoms with Crippen LogP contribution in [0.4, 0.5) is 8.78 Å². The van der Waals surface area contributed by atoms with E-state index >= 15 is 0 Å². The minimum absolute atomic E-state index is 0.0381. The standard InChI is InChI=1S/C10H11ClFNO2.C6H10Cl3NO.C6H3ClFNO2/c1-10(2,3)15-9(14)8-6(12)4-5-7(11)13-8;1-5(2,3)11-4(10)6(7,8)9;7-4-2-1-3(8)5(9-4)6(10)11/h4-5H,1-3H3;10H,1-3H3;1-2H,(H,10,11). The van der Waals surface area contributed by atoms with Crippen LogP contribution >= 0.6 is 58.0 Å². The fourth-order valence-corrected chi connectivity index (χ4v) is 2.23. The molecule has 0 aromatic carbocycles. The summed E-state index contributed by atoms with van der Waals surface area (Å²) in [6, 6.07) is 4.49. The van der Waals surface area contributed by atoms with Gasteiger partial charge in [-0.25, -0.2) is 28.3 Å². The number of aromatic nitrogens is 2. The molecule has 2 aromatic rings. The van der Waals surface area contributed by atoms with E-state index in [4.69, 9.17) is 78.0 Å². The first kappa shape index (κ1) is 35.0. The predicted octanol–water partition coefficient (Wildman–Crippen LogP) is 7.55. The second kappa shape index (κ2) is 14.2. The molecule has 37 heavy (non-hydrogen) atoms. The van der Waals surface area contributed by atoms with Crippen LogP contribution in [0.1, 0.15) is 62.5 Å². The van der Waals surface area contributed by atoms with Crippen molar-refractivity contribution < 1.29 is 33.0 Å². The van der Waals surface area contributed by atoms with E-state index in [0.717, 1.165) is 12.1 Å². The van der Waals surface area contributed by atoms with E-state index in [1.165, 1.54) is 12.1 Å².